The van der Waals surface area contributed by atoms with E-state index in [1.165, 1.54) is 10.9 Å². The van der Waals surface area contributed by atoms with Crippen molar-refractivity contribution >= 4 is 10.9 Å². The summed E-state index contributed by atoms with van der Waals surface area (Å²) in [6, 6.07) is 6.77. The molecule has 3 heteroatoms. The predicted octanol–water partition coefficient (Wildman–Crippen LogP) is 1.78. The molecule has 1 aliphatic rings. The van der Waals surface area contributed by atoms with E-state index in [1.807, 2.05) is 11.7 Å². The molecule has 0 unspecified atom stereocenters. The molecule has 1 aromatic carbocycles. The summed E-state index contributed by atoms with van der Waals surface area (Å²) in [5.74, 6) is 0.646. The van der Waals surface area contributed by atoms with Gasteiger partial charge in [-0.3, -0.25) is 4.68 Å². The van der Waals surface area contributed by atoms with E-state index >= 15 is 0 Å². The van der Waals surface area contributed by atoms with E-state index in [-0.39, 0.29) is 0 Å². The summed E-state index contributed by atoms with van der Waals surface area (Å²) in [6.45, 7) is 0. The van der Waals surface area contributed by atoms with Gasteiger partial charge in [0.15, 0.2) is 0 Å². The van der Waals surface area contributed by atoms with Gasteiger partial charge in [-0.1, -0.05) is 12.1 Å². The second-order valence-electron chi connectivity index (χ2n) is 4.51. The van der Waals surface area contributed by atoms with Crippen LogP contribution in [0.1, 0.15) is 24.3 Å². The van der Waals surface area contributed by atoms with Gasteiger partial charge in [-0.25, -0.2) is 0 Å². The molecule has 1 saturated carbocycles. The lowest BCUT2D eigenvalue weighted by atomic mass is 9.75. The first kappa shape index (κ1) is 8.92. The van der Waals surface area contributed by atoms with Crippen LogP contribution < -0.4 is 5.73 Å². The quantitative estimate of drug-likeness (QED) is 0.764. The molecule has 0 radical (unpaired) electrons. The van der Waals surface area contributed by atoms with E-state index < -0.39 is 0 Å². The molecule has 3 rings (SSSR count). The average Bonchev–Trinajstić information content (AvgIpc) is 2.53. The topological polar surface area (TPSA) is 43.8 Å². The zero-order valence-corrected chi connectivity index (χ0v) is 8.85. The normalized spacial score (nSPS) is 25.5. The second kappa shape index (κ2) is 3.07. The first-order valence-corrected chi connectivity index (χ1v) is 5.42. The Hall–Kier alpha value is -1.35. The molecule has 1 aliphatic carbocycles. The highest BCUT2D eigenvalue weighted by Gasteiger charge is 2.28. The monoisotopic (exact) mass is 201 g/mol. The number of aryl methyl sites for hydroxylation is 1. The van der Waals surface area contributed by atoms with Crippen LogP contribution in [0.4, 0.5) is 0 Å². The molecule has 0 aliphatic heterocycles. The molecule has 3 nitrogen and oxygen atoms in total. The van der Waals surface area contributed by atoms with Crippen LogP contribution in [0.25, 0.3) is 10.9 Å². The van der Waals surface area contributed by atoms with Crippen molar-refractivity contribution in [2.75, 3.05) is 0 Å². The van der Waals surface area contributed by atoms with E-state index in [2.05, 4.69) is 29.5 Å². The maximum atomic E-state index is 5.83. The van der Waals surface area contributed by atoms with Gasteiger partial charge < -0.3 is 5.73 Å². The second-order valence-corrected chi connectivity index (χ2v) is 4.51. The summed E-state index contributed by atoms with van der Waals surface area (Å²) in [4.78, 5) is 0. The van der Waals surface area contributed by atoms with E-state index in [0.29, 0.717) is 12.0 Å². The number of fused-ring (bicyclic) bond motifs is 1. The Kier molecular flexibility index (Phi) is 1.83. The van der Waals surface area contributed by atoms with Crippen LogP contribution in [0.5, 0.6) is 0 Å². The van der Waals surface area contributed by atoms with Crippen LogP contribution in [0.2, 0.25) is 0 Å². The van der Waals surface area contributed by atoms with Crippen molar-refractivity contribution in [3.63, 3.8) is 0 Å². The predicted molar refractivity (Wildman–Crippen MR) is 60.7 cm³/mol. The minimum absolute atomic E-state index is 0.405. The van der Waals surface area contributed by atoms with Gasteiger partial charge in [-0.2, -0.15) is 5.10 Å². The molecule has 2 aromatic rings. The van der Waals surface area contributed by atoms with Crippen molar-refractivity contribution in [2.24, 2.45) is 12.8 Å². The highest BCUT2D eigenvalue weighted by atomic mass is 15.2. The number of rotatable bonds is 1. The van der Waals surface area contributed by atoms with Gasteiger partial charge in [0.05, 0.1) is 5.52 Å². The zero-order valence-electron chi connectivity index (χ0n) is 8.85. The molecule has 0 atom stereocenters. The van der Waals surface area contributed by atoms with Gasteiger partial charge in [-0.05, 0) is 30.4 Å². The van der Waals surface area contributed by atoms with Crippen LogP contribution in [0.3, 0.4) is 0 Å². The Morgan fingerprint density at radius 2 is 2.20 bits per heavy atom. The fourth-order valence-electron chi connectivity index (χ4n) is 2.46. The molecule has 1 heterocycles. The molecule has 15 heavy (non-hydrogen) atoms. The van der Waals surface area contributed by atoms with E-state index in [4.69, 9.17) is 5.73 Å². The lowest BCUT2D eigenvalue weighted by molar-refractivity contribution is 0.353. The van der Waals surface area contributed by atoms with Crippen molar-refractivity contribution in [2.45, 2.75) is 24.8 Å². The van der Waals surface area contributed by atoms with E-state index in [9.17, 15) is 0 Å². The third-order valence-electron chi connectivity index (χ3n) is 3.31. The molecule has 1 fully saturated rings. The van der Waals surface area contributed by atoms with Crippen LogP contribution in [0, 0.1) is 0 Å². The molecule has 0 bridgehead atoms. The van der Waals surface area contributed by atoms with Crippen LogP contribution in [-0.2, 0) is 7.05 Å². The average molecular weight is 201 g/mol. The van der Waals surface area contributed by atoms with Crippen LogP contribution >= 0.6 is 0 Å². The number of hydrogen-bond donors (Lipinski definition) is 1. The summed E-state index contributed by atoms with van der Waals surface area (Å²) >= 11 is 0. The number of aromatic nitrogens is 2. The first-order chi connectivity index (χ1) is 7.24. The maximum absolute atomic E-state index is 5.83. The Balaban J connectivity index is 2.09. The van der Waals surface area contributed by atoms with E-state index in [1.54, 1.807) is 0 Å². The van der Waals surface area contributed by atoms with Gasteiger partial charge in [0.25, 0.3) is 0 Å². The minimum Gasteiger partial charge on any atom is -0.328 e. The SMILES string of the molecule is Cn1cc2c(C3CC(N)C3)cccc2n1. The van der Waals surface area contributed by atoms with Crippen molar-refractivity contribution in [3.8, 4) is 0 Å². The standard InChI is InChI=1S/C12H15N3/c1-15-7-11-10(8-5-9(13)6-8)3-2-4-12(11)14-15/h2-4,7-9H,5-6,13H2,1H3. The van der Waals surface area contributed by atoms with E-state index in [0.717, 1.165) is 18.4 Å². The summed E-state index contributed by atoms with van der Waals surface area (Å²) < 4.78 is 1.88. The van der Waals surface area contributed by atoms with Crippen LogP contribution in [0.15, 0.2) is 24.4 Å². The zero-order chi connectivity index (χ0) is 10.4. The summed E-state index contributed by atoms with van der Waals surface area (Å²) in [5.41, 5.74) is 8.35. The lowest BCUT2D eigenvalue weighted by Crippen LogP contribution is -2.34. The third kappa shape index (κ3) is 1.35. The molecule has 0 spiro atoms. The van der Waals surface area contributed by atoms with Crippen molar-refractivity contribution in [1.82, 2.24) is 9.78 Å². The molecular formula is C12H15N3. The largest absolute Gasteiger partial charge is 0.328 e. The number of benzene rings is 1. The smallest absolute Gasteiger partial charge is 0.0926 e. The van der Waals surface area contributed by atoms with Gasteiger partial charge in [0.1, 0.15) is 0 Å². The maximum Gasteiger partial charge on any atom is 0.0926 e. The number of nitrogens with two attached hydrogens (primary N) is 1. The fraction of sp³-hybridized carbons (Fsp3) is 0.417. The summed E-state index contributed by atoms with van der Waals surface area (Å²) in [5, 5.41) is 5.71. The highest BCUT2D eigenvalue weighted by Crippen LogP contribution is 2.38. The highest BCUT2D eigenvalue weighted by molar-refractivity contribution is 5.82. The number of hydrogen-bond acceptors (Lipinski definition) is 2. The van der Waals surface area contributed by atoms with Crippen molar-refractivity contribution < 1.29 is 0 Å². The van der Waals surface area contributed by atoms with Crippen LogP contribution in [-0.4, -0.2) is 15.8 Å². The molecule has 78 valence electrons. The third-order valence-corrected chi connectivity index (χ3v) is 3.31. The van der Waals surface area contributed by atoms with Crippen molar-refractivity contribution in [3.05, 3.63) is 30.0 Å². The van der Waals surface area contributed by atoms with Gasteiger partial charge in [-0.15, -0.1) is 0 Å². The molecular weight excluding hydrogens is 186 g/mol. The molecule has 2 N–H and O–H groups in total. The molecule has 0 saturated heterocycles. The fourth-order valence-corrected chi connectivity index (χ4v) is 2.46. The van der Waals surface area contributed by atoms with Gasteiger partial charge in [0, 0.05) is 24.7 Å². The van der Waals surface area contributed by atoms with Gasteiger partial charge in [0.2, 0.25) is 0 Å². The van der Waals surface area contributed by atoms with Gasteiger partial charge >= 0.3 is 0 Å². The Bertz CT molecular complexity index is 495. The first-order valence-electron chi connectivity index (χ1n) is 5.42. The summed E-state index contributed by atoms with van der Waals surface area (Å²) in [7, 11) is 1.97. The Morgan fingerprint density at radius 3 is 2.93 bits per heavy atom. The Morgan fingerprint density at radius 1 is 1.40 bits per heavy atom. The van der Waals surface area contributed by atoms with Crippen molar-refractivity contribution in [1.29, 1.82) is 0 Å². The lowest BCUT2D eigenvalue weighted by Gasteiger charge is -2.33. The minimum atomic E-state index is 0.405. The Labute approximate surface area is 88.9 Å². The molecule has 0 amide bonds. The molecule has 1 aromatic heterocycles. The number of nitrogens with zero attached hydrogens (tertiary/aromatic N) is 2. The summed E-state index contributed by atoms with van der Waals surface area (Å²) in [6.07, 6.45) is 4.34.